The lowest BCUT2D eigenvalue weighted by molar-refractivity contribution is 0.172. The number of allylic oxidation sites excluding steroid dienone is 1. The highest BCUT2D eigenvalue weighted by atomic mass is 16.5. The Labute approximate surface area is 102 Å². The Morgan fingerprint density at radius 3 is 2.76 bits per heavy atom. The Bertz CT molecular complexity index is 432. The molecule has 0 amide bonds. The molecule has 0 radical (unpaired) electrons. The molecule has 0 atom stereocenters. The van der Waals surface area contributed by atoms with Crippen molar-refractivity contribution in [3.05, 3.63) is 39.8 Å². The van der Waals surface area contributed by atoms with Crippen LogP contribution in [-0.2, 0) is 0 Å². The average Bonchev–Trinajstić information content (AvgIpc) is 2.29. The lowest BCUT2D eigenvalue weighted by Crippen LogP contribution is -2.18. The second-order valence-electron chi connectivity index (χ2n) is 4.36. The van der Waals surface area contributed by atoms with Crippen molar-refractivity contribution in [2.24, 2.45) is 0 Å². The van der Waals surface area contributed by atoms with E-state index in [1.807, 2.05) is 13.0 Å². The van der Waals surface area contributed by atoms with E-state index < -0.39 is 0 Å². The number of rotatable bonds is 6. The van der Waals surface area contributed by atoms with E-state index in [0.29, 0.717) is 10.4 Å². The van der Waals surface area contributed by atoms with E-state index in [0.717, 1.165) is 18.4 Å². The fourth-order valence-corrected chi connectivity index (χ4v) is 1.73. The summed E-state index contributed by atoms with van der Waals surface area (Å²) in [6, 6.07) is 3.21. The second-order valence-corrected chi connectivity index (χ2v) is 4.36. The Hall–Kier alpha value is -1.51. The average molecular weight is 235 g/mol. The van der Waals surface area contributed by atoms with Gasteiger partial charge in [-0.15, -0.1) is 4.73 Å². The van der Waals surface area contributed by atoms with Crippen LogP contribution in [0.15, 0.2) is 23.0 Å². The van der Waals surface area contributed by atoms with Gasteiger partial charge in [0.15, 0.2) is 0 Å². The lowest BCUT2D eigenvalue weighted by Gasteiger charge is -2.02. The molecule has 0 bridgehead atoms. The fourth-order valence-electron chi connectivity index (χ4n) is 1.73. The molecule has 17 heavy (non-hydrogen) atoms. The molecule has 0 aliphatic rings. The Kier molecular flexibility index (Phi) is 5.53. The van der Waals surface area contributed by atoms with Gasteiger partial charge in [0.25, 0.3) is 5.56 Å². The van der Waals surface area contributed by atoms with Crippen molar-refractivity contribution in [2.75, 3.05) is 0 Å². The molecule has 3 nitrogen and oxygen atoms in total. The van der Waals surface area contributed by atoms with Gasteiger partial charge < -0.3 is 5.21 Å². The van der Waals surface area contributed by atoms with Crippen molar-refractivity contribution in [1.29, 1.82) is 0 Å². The van der Waals surface area contributed by atoms with Crippen LogP contribution >= 0.6 is 0 Å². The molecule has 0 spiro atoms. The Balaban J connectivity index is 2.56. The van der Waals surface area contributed by atoms with Crippen LogP contribution in [0.2, 0.25) is 0 Å². The van der Waals surface area contributed by atoms with E-state index in [-0.39, 0.29) is 5.56 Å². The largest absolute Gasteiger partial charge is 0.425 e. The summed E-state index contributed by atoms with van der Waals surface area (Å²) >= 11 is 0. The number of hydrogen-bond donors (Lipinski definition) is 1. The van der Waals surface area contributed by atoms with Crippen molar-refractivity contribution in [3.8, 4) is 0 Å². The first kappa shape index (κ1) is 13.6. The molecule has 1 aromatic rings. The van der Waals surface area contributed by atoms with Crippen molar-refractivity contribution < 1.29 is 5.21 Å². The quantitative estimate of drug-likeness (QED) is 0.606. The van der Waals surface area contributed by atoms with Crippen molar-refractivity contribution in [2.45, 2.75) is 46.0 Å². The summed E-state index contributed by atoms with van der Waals surface area (Å²) in [7, 11) is 0. The molecule has 0 saturated carbocycles. The van der Waals surface area contributed by atoms with Crippen LogP contribution in [0, 0.1) is 6.92 Å². The minimum Gasteiger partial charge on any atom is -0.425 e. The molecule has 1 rings (SSSR count). The van der Waals surface area contributed by atoms with Crippen LogP contribution in [0.3, 0.4) is 0 Å². The van der Waals surface area contributed by atoms with Crippen molar-refractivity contribution in [3.63, 3.8) is 0 Å². The molecule has 0 aliphatic heterocycles. The molecule has 0 aliphatic carbocycles. The van der Waals surface area contributed by atoms with Gasteiger partial charge in [-0.2, -0.15) is 0 Å². The molecule has 0 aromatic carbocycles. The SMILES string of the molecule is CCCCCC/C=C/c1cc(C)cc(=O)n1O. The highest BCUT2D eigenvalue weighted by molar-refractivity contribution is 5.45. The van der Waals surface area contributed by atoms with Gasteiger partial charge in [0.1, 0.15) is 0 Å². The van der Waals surface area contributed by atoms with E-state index in [2.05, 4.69) is 6.92 Å². The van der Waals surface area contributed by atoms with E-state index >= 15 is 0 Å². The third-order valence-corrected chi connectivity index (χ3v) is 2.69. The zero-order valence-corrected chi connectivity index (χ0v) is 10.6. The summed E-state index contributed by atoms with van der Waals surface area (Å²) in [6.07, 6.45) is 9.70. The summed E-state index contributed by atoms with van der Waals surface area (Å²) in [5, 5.41) is 9.52. The maximum atomic E-state index is 11.3. The van der Waals surface area contributed by atoms with Crippen LogP contribution in [0.25, 0.3) is 6.08 Å². The topological polar surface area (TPSA) is 42.2 Å². The van der Waals surface area contributed by atoms with E-state index in [4.69, 9.17) is 0 Å². The minimum atomic E-state index is -0.379. The zero-order chi connectivity index (χ0) is 12.7. The molecular formula is C14H21NO2. The molecule has 1 N–H and O–H groups in total. The number of nitrogens with zero attached hydrogens (tertiary/aromatic N) is 1. The maximum Gasteiger partial charge on any atom is 0.283 e. The summed E-state index contributed by atoms with van der Waals surface area (Å²) in [6.45, 7) is 4.03. The first-order valence-electron chi connectivity index (χ1n) is 6.24. The van der Waals surface area contributed by atoms with Gasteiger partial charge >= 0.3 is 0 Å². The fraction of sp³-hybridized carbons (Fsp3) is 0.500. The van der Waals surface area contributed by atoms with E-state index in [1.54, 1.807) is 12.1 Å². The third kappa shape index (κ3) is 4.47. The summed E-state index contributed by atoms with van der Waals surface area (Å²) in [4.78, 5) is 11.3. The summed E-state index contributed by atoms with van der Waals surface area (Å²) < 4.78 is 0.690. The first-order chi connectivity index (χ1) is 8.15. The third-order valence-electron chi connectivity index (χ3n) is 2.69. The smallest absolute Gasteiger partial charge is 0.283 e. The highest BCUT2D eigenvalue weighted by Crippen LogP contribution is 2.06. The van der Waals surface area contributed by atoms with Gasteiger partial charge in [-0.25, -0.2) is 0 Å². The van der Waals surface area contributed by atoms with E-state index in [9.17, 15) is 10.0 Å². The predicted octanol–water partition coefficient (Wildman–Crippen LogP) is 3.38. The van der Waals surface area contributed by atoms with Crippen molar-refractivity contribution >= 4 is 6.08 Å². The maximum absolute atomic E-state index is 11.3. The van der Waals surface area contributed by atoms with Crippen LogP contribution < -0.4 is 5.56 Å². The van der Waals surface area contributed by atoms with Gasteiger partial charge in [0.05, 0.1) is 5.69 Å². The van der Waals surface area contributed by atoms with Crippen LogP contribution in [0.4, 0.5) is 0 Å². The molecule has 94 valence electrons. The lowest BCUT2D eigenvalue weighted by atomic mass is 10.1. The molecule has 0 saturated heterocycles. The molecule has 0 fully saturated rings. The number of aryl methyl sites for hydroxylation is 1. The van der Waals surface area contributed by atoms with Crippen LogP contribution in [0.1, 0.15) is 50.3 Å². The van der Waals surface area contributed by atoms with Gasteiger partial charge in [-0.3, -0.25) is 4.79 Å². The van der Waals surface area contributed by atoms with Gasteiger partial charge in [0, 0.05) is 6.07 Å². The molecule has 1 aromatic heterocycles. The molecule has 1 heterocycles. The molecular weight excluding hydrogens is 214 g/mol. The number of aromatic nitrogens is 1. The second kappa shape index (κ2) is 6.94. The number of unbranched alkanes of at least 4 members (excludes halogenated alkanes) is 4. The minimum absolute atomic E-state index is 0.379. The van der Waals surface area contributed by atoms with Crippen LogP contribution in [0.5, 0.6) is 0 Å². The summed E-state index contributed by atoms with van der Waals surface area (Å²) in [5.74, 6) is 0. The standard InChI is InChI=1S/C14H21NO2/c1-3-4-5-6-7-8-9-13-10-12(2)11-14(16)15(13)17/h8-11,17H,3-7H2,1-2H3/b9-8+. The van der Waals surface area contributed by atoms with Gasteiger partial charge in [-0.05, 0) is 37.5 Å². The monoisotopic (exact) mass is 235 g/mol. The normalized spacial score (nSPS) is 11.2. The molecule has 3 heteroatoms. The molecule has 0 unspecified atom stereocenters. The Morgan fingerprint density at radius 2 is 2.06 bits per heavy atom. The van der Waals surface area contributed by atoms with Gasteiger partial charge in [0.2, 0.25) is 0 Å². The van der Waals surface area contributed by atoms with Gasteiger partial charge in [-0.1, -0.05) is 32.3 Å². The number of hydrogen-bond acceptors (Lipinski definition) is 2. The highest BCUT2D eigenvalue weighted by Gasteiger charge is 1.99. The zero-order valence-electron chi connectivity index (χ0n) is 10.6. The number of pyridine rings is 1. The first-order valence-corrected chi connectivity index (χ1v) is 6.24. The van der Waals surface area contributed by atoms with Crippen LogP contribution in [-0.4, -0.2) is 9.94 Å². The Morgan fingerprint density at radius 1 is 1.29 bits per heavy atom. The van der Waals surface area contributed by atoms with E-state index in [1.165, 1.54) is 25.3 Å². The predicted molar refractivity (Wildman–Crippen MR) is 70.4 cm³/mol. The van der Waals surface area contributed by atoms with Crippen molar-refractivity contribution in [1.82, 2.24) is 4.73 Å². The summed E-state index contributed by atoms with van der Waals surface area (Å²) in [5.41, 5.74) is 1.03.